The Labute approximate surface area is 191 Å². The van der Waals surface area contributed by atoms with Gasteiger partial charge in [-0.15, -0.1) is 0 Å². The number of fused-ring (bicyclic) bond motifs is 3. The zero-order chi connectivity index (χ0) is 22.2. The smallest absolute Gasteiger partial charge is 0.251 e. The number of hydrogen-bond donors (Lipinski definition) is 2. The molecule has 0 aliphatic carbocycles. The largest absolute Gasteiger partial charge is 0.491 e. The predicted octanol–water partition coefficient (Wildman–Crippen LogP) is 2.99. The molecule has 1 saturated heterocycles. The zero-order valence-electron chi connectivity index (χ0n) is 19.1. The van der Waals surface area contributed by atoms with E-state index in [0.29, 0.717) is 38.0 Å². The monoisotopic (exact) mass is 437 g/mol. The Morgan fingerprint density at radius 3 is 2.97 bits per heavy atom. The van der Waals surface area contributed by atoms with Gasteiger partial charge in [0.15, 0.2) is 0 Å². The van der Waals surface area contributed by atoms with E-state index in [2.05, 4.69) is 46.7 Å². The predicted molar refractivity (Wildman–Crippen MR) is 126 cm³/mol. The molecule has 1 amide bonds. The van der Waals surface area contributed by atoms with Crippen molar-refractivity contribution in [2.24, 2.45) is 0 Å². The number of likely N-dealkylation sites (N-methyl/N-ethyl adjacent to an activating group) is 1. The molecule has 2 heterocycles. The van der Waals surface area contributed by atoms with Crippen molar-refractivity contribution in [2.45, 2.75) is 38.8 Å². The average molecular weight is 438 g/mol. The summed E-state index contributed by atoms with van der Waals surface area (Å²) in [6.45, 7) is 8.38. The summed E-state index contributed by atoms with van der Waals surface area (Å²) in [5, 5.41) is 6.57. The Kier molecular flexibility index (Phi) is 8.15. The minimum Gasteiger partial charge on any atom is -0.491 e. The van der Waals surface area contributed by atoms with Crippen LogP contribution in [0.4, 0.5) is 0 Å². The molecule has 0 saturated carbocycles. The first kappa shape index (κ1) is 22.8. The van der Waals surface area contributed by atoms with Crippen LogP contribution in [-0.2, 0) is 17.7 Å². The quantitative estimate of drug-likeness (QED) is 0.770. The van der Waals surface area contributed by atoms with Gasteiger partial charge >= 0.3 is 0 Å². The minimum absolute atomic E-state index is 0.0172. The molecular formula is C26H35N3O3. The summed E-state index contributed by atoms with van der Waals surface area (Å²) in [5.74, 6) is 0.801. The third-order valence-corrected chi connectivity index (χ3v) is 6.35. The lowest BCUT2D eigenvalue weighted by Crippen LogP contribution is -2.40. The third-order valence-electron chi connectivity index (χ3n) is 6.35. The number of ether oxygens (including phenoxy) is 2. The van der Waals surface area contributed by atoms with Gasteiger partial charge in [0.1, 0.15) is 12.4 Å². The van der Waals surface area contributed by atoms with Crippen LogP contribution in [0.15, 0.2) is 42.5 Å². The highest BCUT2D eigenvalue weighted by Gasteiger charge is 2.23. The summed E-state index contributed by atoms with van der Waals surface area (Å²) in [5.41, 5.74) is 4.16. The molecule has 172 valence electrons. The molecule has 6 nitrogen and oxygen atoms in total. The summed E-state index contributed by atoms with van der Waals surface area (Å²) in [6.07, 6.45) is 3.08. The van der Waals surface area contributed by atoms with Crippen molar-refractivity contribution in [1.29, 1.82) is 0 Å². The summed E-state index contributed by atoms with van der Waals surface area (Å²) in [7, 11) is 0. The fourth-order valence-corrected chi connectivity index (χ4v) is 4.61. The van der Waals surface area contributed by atoms with Gasteiger partial charge in [0.25, 0.3) is 5.91 Å². The van der Waals surface area contributed by atoms with E-state index < -0.39 is 0 Å². The van der Waals surface area contributed by atoms with Crippen molar-refractivity contribution in [2.75, 3.05) is 46.0 Å². The van der Waals surface area contributed by atoms with E-state index in [0.717, 1.165) is 50.3 Å². The highest BCUT2D eigenvalue weighted by molar-refractivity contribution is 5.94. The molecule has 6 heteroatoms. The lowest BCUT2D eigenvalue weighted by atomic mass is 9.99. The summed E-state index contributed by atoms with van der Waals surface area (Å²) in [6, 6.07) is 14.8. The van der Waals surface area contributed by atoms with E-state index in [9.17, 15) is 4.79 Å². The molecule has 1 unspecified atom stereocenters. The molecule has 2 aliphatic rings. The molecule has 2 aliphatic heterocycles. The van der Waals surface area contributed by atoms with Crippen molar-refractivity contribution >= 4 is 5.91 Å². The number of hydrogen-bond acceptors (Lipinski definition) is 5. The molecule has 2 bridgehead atoms. The van der Waals surface area contributed by atoms with E-state index in [1.54, 1.807) is 0 Å². The van der Waals surface area contributed by atoms with Gasteiger partial charge in [-0.2, -0.15) is 0 Å². The van der Waals surface area contributed by atoms with E-state index in [1.807, 2.05) is 18.2 Å². The van der Waals surface area contributed by atoms with Gasteiger partial charge in [-0.05, 0) is 60.8 Å². The van der Waals surface area contributed by atoms with Gasteiger partial charge in [-0.3, -0.25) is 9.69 Å². The minimum atomic E-state index is -0.0172. The first-order valence-corrected chi connectivity index (χ1v) is 11.9. The number of likely N-dealkylation sites (tertiary alicyclic amines) is 1. The molecule has 2 aromatic carbocycles. The lowest BCUT2D eigenvalue weighted by molar-refractivity contribution is 0.0940. The van der Waals surface area contributed by atoms with Gasteiger partial charge in [-0.25, -0.2) is 0 Å². The second-order valence-corrected chi connectivity index (χ2v) is 8.59. The van der Waals surface area contributed by atoms with Crippen LogP contribution < -0.4 is 15.4 Å². The first-order chi connectivity index (χ1) is 15.7. The van der Waals surface area contributed by atoms with E-state index in [4.69, 9.17) is 9.47 Å². The summed E-state index contributed by atoms with van der Waals surface area (Å²) < 4.78 is 11.7. The summed E-state index contributed by atoms with van der Waals surface area (Å²) >= 11 is 0. The topological polar surface area (TPSA) is 62.8 Å². The molecule has 1 atom stereocenters. The zero-order valence-corrected chi connectivity index (χ0v) is 19.1. The molecule has 0 radical (unpaired) electrons. The van der Waals surface area contributed by atoms with Crippen LogP contribution in [0.25, 0.3) is 0 Å². The number of carbonyl (C=O) groups excluding carboxylic acids is 1. The number of nitrogens with one attached hydrogen (secondary N) is 2. The van der Waals surface area contributed by atoms with Crippen LogP contribution in [-0.4, -0.2) is 62.8 Å². The number of carbonyl (C=O) groups is 1. The maximum atomic E-state index is 12.9. The highest BCUT2D eigenvalue weighted by Crippen LogP contribution is 2.24. The van der Waals surface area contributed by atoms with Crippen molar-refractivity contribution < 1.29 is 14.3 Å². The Balaban J connectivity index is 1.50. The molecule has 1 fully saturated rings. The Morgan fingerprint density at radius 2 is 2.06 bits per heavy atom. The first-order valence-electron chi connectivity index (χ1n) is 11.9. The SMILES string of the molecule is CCN1CCCC1CNC(=O)c1ccc2c(c1)Cc1cccc(c1)CNCCOCCO2. The van der Waals surface area contributed by atoms with Crippen molar-refractivity contribution in [1.82, 2.24) is 15.5 Å². The molecule has 2 aromatic rings. The molecule has 2 N–H and O–H groups in total. The number of amides is 1. The second kappa shape index (κ2) is 11.5. The standard InChI is InChI=1S/C26H35N3O3/c1-2-29-11-4-7-24(29)19-28-26(30)22-8-9-25-23(17-22)16-20-5-3-6-21(15-20)18-27-10-12-31-13-14-32-25/h3,5-6,8-9,15,17,24,27H,2,4,7,10-14,16,18-19H2,1H3,(H,28,30). The highest BCUT2D eigenvalue weighted by atomic mass is 16.5. The maximum absolute atomic E-state index is 12.9. The number of benzene rings is 2. The third kappa shape index (κ3) is 6.09. The molecular weight excluding hydrogens is 402 g/mol. The normalized spacial score (nSPS) is 20.1. The van der Waals surface area contributed by atoms with Gasteiger partial charge in [0.05, 0.1) is 13.2 Å². The van der Waals surface area contributed by atoms with Gasteiger partial charge in [0.2, 0.25) is 0 Å². The number of nitrogens with zero attached hydrogens (tertiary/aromatic N) is 1. The number of rotatable bonds is 4. The molecule has 0 spiro atoms. The van der Waals surface area contributed by atoms with Crippen LogP contribution in [0.1, 0.15) is 46.8 Å². The van der Waals surface area contributed by atoms with Gasteiger partial charge in [-0.1, -0.05) is 31.2 Å². The van der Waals surface area contributed by atoms with Crippen molar-refractivity contribution in [3.63, 3.8) is 0 Å². The van der Waals surface area contributed by atoms with Crippen LogP contribution in [0.2, 0.25) is 0 Å². The van der Waals surface area contributed by atoms with Crippen LogP contribution >= 0.6 is 0 Å². The van der Waals surface area contributed by atoms with Gasteiger partial charge < -0.3 is 20.1 Å². The van der Waals surface area contributed by atoms with Crippen LogP contribution in [0.3, 0.4) is 0 Å². The molecule has 0 aromatic heterocycles. The Hall–Kier alpha value is -2.41. The fraction of sp³-hybridized carbons (Fsp3) is 0.500. The molecule has 32 heavy (non-hydrogen) atoms. The Bertz CT molecular complexity index is 902. The summed E-state index contributed by atoms with van der Waals surface area (Å²) in [4.78, 5) is 15.4. The van der Waals surface area contributed by atoms with E-state index in [1.165, 1.54) is 17.5 Å². The second-order valence-electron chi connectivity index (χ2n) is 8.59. The molecule has 4 rings (SSSR count). The van der Waals surface area contributed by atoms with Crippen molar-refractivity contribution in [3.8, 4) is 5.75 Å². The van der Waals surface area contributed by atoms with E-state index in [-0.39, 0.29) is 5.91 Å². The maximum Gasteiger partial charge on any atom is 0.251 e. The van der Waals surface area contributed by atoms with Gasteiger partial charge in [0, 0.05) is 37.7 Å². The van der Waals surface area contributed by atoms with Crippen LogP contribution in [0.5, 0.6) is 5.75 Å². The van der Waals surface area contributed by atoms with Crippen LogP contribution in [0, 0.1) is 0 Å². The lowest BCUT2D eigenvalue weighted by Gasteiger charge is -2.23. The Morgan fingerprint density at radius 1 is 1.16 bits per heavy atom. The fourth-order valence-electron chi connectivity index (χ4n) is 4.61. The van der Waals surface area contributed by atoms with Crippen molar-refractivity contribution in [3.05, 3.63) is 64.7 Å². The average Bonchev–Trinajstić information content (AvgIpc) is 3.27. The van der Waals surface area contributed by atoms with E-state index >= 15 is 0 Å².